The molecule has 10 heavy (non-hydrogen) atoms. The van der Waals surface area contributed by atoms with Crippen molar-refractivity contribution in [3.05, 3.63) is 15.3 Å². The molecular weight excluding hydrogens is 167 g/mol. The molecule has 48 valence electrons. The summed E-state index contributed by atoms with van der Waals surface area (Å²) >= 11 is 0. The zero-order chi connectivity index (χ0) is 7.15. The van der Waals surface area contributed by atoms with Gasteiger partial charge in [0, 0.05) is 5.97 Å². The first-order valence-electron chi connectivity index (χ1n) is 1.46. The standard InChI is InChI=1S/C2H4O2.2Mg.NO3/c1-2(3)4;;;2-1(3)4/h1H3,(H,3,4);;;/q;2*+2;-1/p-1. The Labute approximate surface area is 89.0 Å². The molecule has 0 aromatic heterocycles. The maximum atomic E-state index is 8.89. The number of hydrogen-bond donors (Lipinski definition) is 0. The number of carboxylic acids is 1. The van der Waals surface area contributed by atoms with Gasteiger partial charge in [0.05, 0.1) is 5.09 Å². The van der Waals surface area contributed by atoms with E-state index in [1.54, 1.807) is 0 Å². The van der Waals surface area contributed by atoms with Gasteiger partial charge in [0.1, 0.15) is 0 Å². The molecule has 0 spiro atoms. The second-order valence-electron chi connectivity index (χ2n) is 0.715. The number of carbonyl (C=O) groups excluding carboxylic acids is 1. The average Bonchev–Trinajstić information content (AvgIpc) is 1.25. The van der Waals surface area contributed by atoms with Crippen molar-refractivity contribution < 1.29 is 15.0 Å². The van der Waals surface area contributed by atoms with Gasteiger partial charge in [0.15, 0.2) is 0 Å². The first-order chi connectivity index (χ1) is 3.46. The van der Waals surface area contributed by atoms with Crippen LogP contribution in [0.2, 0.25) is 0 Å². The Hall–Kier alpha value is 0.202. The summed E-state index contributed by atoms with van der Waals surface area (Å²) in [6, 6.07) is 0. The molecule has 8 heteroatoms. The first-order valence-corrected chi connectivity index (χ1v) is 1.46. The Kier molecular flexibility index (Phi) is 36.1. The van der Waals surface area contributed by atoms with Crippen LogP contribution in [0.15, 0.2) is 0 Å². The fraction of sp³-hybridized carbons (Fsp3) is 0.500. The van der Waals surface area contributed by atoms with Gasteiger partial charge >= 0.3 is 46.1 Å². The number of carboxylic acid groups (broad SMARTS) is 1. The van der Waals surface area contributed by atoms with E-state index in [1.165, 1.54) is 0 Å². The third-order valence-electron chi connectivity index (χ3n) is 0. The molecule has 0 aromatic carbocycles. The largest absolute Gasteiger partial charge is 2.00 e. The molecule has 0 aromatic rings. The maximum Gasteiger partial charge on any atom is 2.00 e. The quantitative estimate of drug-likeness (QED) is 0.232. The van der Waals surface area contributed by atoms with Gasteiger partial charge in [-0.25, -0.2) is 0 Å². The van der Waals surface area contributed by atoms with Crippen LogP contribution in [0, 0.1) is 15.3 Å². The summed E-state index contributed by atoms with van der Waals surface area (Å²) in [5.41, 5.74) is 0. The molecule has 0 amide bonds. The van der Waals surface area contributed by atoms with E-state index in [2.05, 4.69) is 0 Å². The number of hydrogen-bond acceptors (Lipinski definition) is 5. The summed E-state index contributed by atoms with van der Waals surface area (Å²) < 4.78 is 0. The SMILES string of the molecule is CC(=O)[O-].O=[N+]([O-])[O-].[Mg+2].[Mg+2]. The Morgan fingerprint density at radius 3 is 1.30 bits per heavy atom. The second kappa shape index (κ2) is 16.1. The molecule has 0 unspecified atom stereocenters. The molecule has 0 N–H and O–H groups in total. The number of nitrogens with zero attached hydrogens (tertiary/aromatic N) is 1. The van der Waals surface area contributed by atoms with E-state index in [-0.39, 0.29) is 46.1 Å². The van der Waals surface area contributed by atoms with E-state index in [9.17, 15) is 0 Å². The third-order valence-corrected chi connectivity index (χ3v) is 0. The maximum absolute atomic E-state index is 8.89. The number of rotatable bonds is 0. The summed E-state index contributed by atoms with van der Waals surface area (Å²) in [5.74, 6) is -1.08. The van der Waals surface area contributed by atoms with Crippen LogP contribution in [-0.4, -0.2) is 57.2 Å². The molecule has 0 bridgehead atoms. The normalized spacial score (nSPS) is 4.90. The van der Waals surface area contributed by atoms with Crippen molar-refractivity contribution in [3.8, 4) is 0 Å². The van der Waals surface area contributed by atoms with Gasteiger partial charge < -0.3 is 25.2 Å². The molecule has 0 aliphatic carbocycles. The van der Waals surface area contributed by atoms with Crippen LogP contribution in [0.5, 0.6) is 0 Å². The molecule has 0 fully saturated rings. The van der Waals surface area contributed by atoms with Gasteiger partial charge in [-0.1, -0.05) is 0 Å². The van der Waals surface area contributed by atoms with Crippen molar-refractivity contribution in [2.24, 2.45) is 0 Å². The topological polar surface area (TPSA) is 106 Å². The van der Waals surface area contributed by atoms with Gasteiger partial charge in [-0.15, -0.1) is 0 Å². The van der Waals surface area contributed by atoms with Crippen molar-refractivity contribution in [1.29, 1.82) is 0 Å². The fourth-order valence-corrected chi connectivity index (χ4v) is 0. The Bertz CT molecular complexity index is 75.6. The predicted octanol–water partition coefficient (Wildman–Crippen LogP) is -2.24. The van der Waals surface area contributed by atoms with E-state index in [0.29, 0.717) is 0 Å². The second-order valence-corrected chi connectivity index (χ2v) is 0.715. The van der Waals surface area contributed by atoms with Crippen LogP contribution in [0.4, 0.5) is 0 Å². The van der Waals surface area contributed by atoms with E-state index in [0.717, 1.165) is 6.92 Å². The Balaban J connectivity index is -0.0000000300. The molecule has 0 aliphatic heterocycles. The van der Waals surface area contributed by atoms with E-state index < -0.39 is 11.1 Å². The number of aliphatic carboxylic acids is 1. The molecular formula is C2H3Mg2NO5+2. The molecule has 0 radical (unpaired) electrons. The third kappa shape index (κ3) is 10400. The monoisotopic (exact) mass is 169 g/mol. The first kappa shape index (κ1) is 22.5. The van der Waals surface area contributed by atoms with Gasteiger partial charge in [0.25, 0.3) is 0 Å². The molecule has 0 saturated carbocycles. The minimum absolute atomic E-state index is 0. The molecule has 0 saturated heterocycles. The minimum Gasteiger partial charge on any atom is -0.550 e. The van der Waals surface area contributed by atoms with Crippen molar-refractivity contribution in [2.75, 3.05) is 0 Å². The Morgan fingerprint density at radius 2 is 1.30 bits per heavy atom. The smallest absolute Gasteiger partial charge is 0.550 e. The van der Waals surface area contributed by atoms with Crippen molar-refractivity contribution in [3.63, 3.8) is 0 Å². The summed E-state index contributed by atoms with van der Waals surface area (Å²) in [6.45, 7) is 0.972. The minimum atomic E-state index is -1.75. The Morgan fingerprint density at radius 1 is 1.30 bits per heavy atom. The van der Waals surface area contributed by atoms with Crippen LogP contribution in [0.1, 0.15) is 6.92 Å². The van der Waals surface area contributed by atoms with E-state index in [1.807, 2.05) is 0 Å². The van der Waals surface area contributed by atoms with Crippen molar-refractivity contribution in [2.45, 2.75) is 6.92 Å². The van der Waals surface area contributed by atoms with E-state index >= 15 is 0 Å². The van der Waals surface area contributed by atoms with Crippen LogP contribution < -0.4 is 5.11 Å². The van der Waals surface area contributed by atoms with Crippen molar-refractivity contribution in [1.82, 2.24) is 0 Å². The van der Waals surface area contributed by atoms with Gasteiger partial charge in [-0.2, -0.15) is 0 Å². The van der Waals surface area contributed by atoms with Crippen LogP contribution in [0.3, 0.4) is 0 Å². The molecule has 0 heterocycles. The zero-order valence-corrected chi connectivity index (χ0v) is 8.23. The predicted molar refractivity (Wildman–Crippen MR) is 32.6 cm³/mol. The molecule has 0 atom stereocenters. The number of carbonyl (C=O) groups is 1. The summed E-state index contributed by atoms with van der Waals surface area (Å²) in [7, 11) is 0. The van der Waals surface area contributed by atoms with E-state index in [4.69, 9.17) is 25.2 Å². The fourth-order valence-electron chi connectivity index (χ4n) is 0. The zero-order valence-electron chi connectivity index (χ0n) is 5.40. The molecule has 6 nitrogen and oxygen atoms in total. The summed E-state index contributed by atoms with van der Waals surface area (Å²) in [6.07, 6.45) is 0. The van der Waals surface area contributed by atoms with Gasteiger partial charge in [-0.3, -0.25) is 0 Å². The van der Waals surface area contributed by atoms with Crippen molar-refractivity contribution >= 4 is 52.1 Å². The molecule has 0 aliphatic rings. The molecule has 0 rings (SSSR count). The summed E-state index contributed by atoms with van der Waals surface area (Å²) in [4.78, 5) is 17.1. The van der Waals surface area contributed by atoms with Gasteiger partial charge in [-0.05, 0) is 6.92 Å². The van der Waals surface area contributed by atoms with Gasteiger partial charge in [0.2, 0.25) is 0 Å². The van der Waals surface area contributed by atoms with Crippen LogP contribution in [0.25, 0.3) is 0 Å². The average molecular weight is 170 g/mol. The summed E-state index contributed by atoms with van der Waals surface area (Å²) in [5, 5.41) is 23.6. The van der Waals surface area contributed by atoms with Crippen LogP contribution in [-0.2, 0) is 4.79 Å². The van der Waals surface area contributed by atoms with Crippen LogP contribution >= 0.6 is 0 Å².